The van der Waals surface area contributed by atoms with Crippen LogP contribution in [0.25, 0.3) is 16.9 Å². The molecule has 0 spiro atoms. The highest BCUT2D eigenvalue weighted by atomic mass is 35.5. The number of rotatable bonds is 6. The van der Waals surface area contributed by atoms with Gasteiger partial charge in [0.25, 0.3) is 5.91 Å². The molecule has 1 N–H and O–H groups in total. The number of benzene rings is 3. The Morgan fingerprint density at radius 2 is 1.64 bits per heavy atom. The van der Waals surface area contributed by atoms with Gasteiger partial charge in [-0.2, -0.15) is 0 Å². The Kier molecular flexibility index (Phi) is 7.26. The van der Waals surface area contributed by atoms with E-state index in [1.165, 1.54) is 11.1 Å². The van der Waals surface area contributed by atoms with Crippen molar-refractivity contribution in [1.29, 1.82) is 0 Å². The van der Waals surface area contributed by atoms with E-state index in [1.54, 1.807) is 0 Å². The van der Waals surface area contributed by atoms with Crippen LogP contribution in [0.2, 0.25) is 5.02 Å². The quantitative estimate of drug-likeness (QED) is 0.317. The fraction of sp³-hybridized carbons (Fsp3) is 0.258. The van der Waals surface area contributed by atoms with Gasteiger partial charge in [-0.1, -0.05) is 66.2 Å². The van der Waals surface area contributed by atoms with E-state index in [-0.39, 0.29) is 11.9 Å². The number of aromatic nitrogens is 1. The first-order valence-electron chi connectivity index (χ1n) is 12.6. The number of piperidine rings is 1. The number of hydrogen-bond acceptors (Lipinski definition) is 2. The maximum absolute atomic E-state index is 13.5. The van der Waals surface area contributed by atoms with Crippen LogP contribution in [0.3, 0.4) is 0 Å². The van der Waals surface area contributed by atoms with Crippen molar-refractivity contribution in [2.45, 2.75) is 39.3 Å². The first kappa shape index (κ1) is 24.4. The van der Waals surface area contributed by atoms with Gasteiger partial charge in [0.2, 0.25) is 0 Å². The third-order valence-corrected chi connectivity index (χ3v) is 7.32. The molecule has 2 heterocycles. The van der Waals surface area contributed by atoms with Gasteiger partial charge in [0.1, 0.15) is 0 Å². The number of nitrogens with one attached hydrogen (secondary N) is 1. The van der Waals surface area contributed by atoms with Crippen molar-refractivity contribution in [2.75, 3.05) is 13.1 Å². The van der Waals surface area contributed by atoms with Crippen LogP contribution >= 0.6 is 11.6 Å². The zero-order valence-electron chi connectivity index (χ0n) is 20.9. The molecule has 1 aromatic heterocycles. The SMILES string of the molecule is Cc1cccc(-n2c(-c3ccc(Cl)cc3)cc(C(=O)NC3CCN(Cc4ccccc4)CC3)c2C)c1. The lowest BCUT2D eigenvalue weighted by Gasteiger charge is -2.32. The van der Waals surface area contributed by atoms with Crippen LogP contribution < -0.4 is 5.32 Å². The second-order valence-electron chi connectivity index (χ2n) is 9.72. The van der Waals surface area contributed by atoms with Gasteiger partial charge in [0.05, 0.1) is 11.3 Å². The van der Waals surface area contributed by atoms with Gasteiger partial charge >= 0.3 is 0 Å². The van der Waals surface area contributed by atoms with Crippen LogP contribution in [0.4, 0.5) is 0 Å². The standard InChI is InChI=1S/C31H32ClN3O/c1-22-7-6-10-28(19-22)35-23(2)29(20-30(35)25-11-13-26(32)14-12-25)31(36)33-27-15-17-34(18-16-27)21-24-8-4-3-5-9-24/h3-14,19-20,27H,15-18,21H2,1-2H3,(H,33,36). The number of hydrogen-bond donors (Lipinski definition) is 1. The lowest BCUT2D eigenvalue weighted by Crippen LogP contribution is -2.44. The van der Waals surface area contributed by atoms with E-state index in [2.05, 4.69) is 76.3 Å². The van der Waals surface area contributed by atoms with Gasteiger partial charge in [0, 0.05) is 42.1 Å². The lowest BCUT2D eigenvalue weighted by atomic mass is 10.0. The van der Waals surface area contributed by atoms with E-state index in [0.717, 1.165) is 55.1 Å². The maximum atomic E-state index is 13.5. The van der Waals surface area contributed by atoms with Crippen molar-refractivity contribution in [3.63, 3.8) is 0 Å². The molecule has 4 nitrogen and oxygen atoms in total. The predicted octanol–water partition coefficient (Wildman–Crippen LogP) is 6.81. The molecule has 1 saturated heterocycles. The van der Waals surface area contributed by atoms with Crippen LogP contribution in [0.1, 0.15) is 40.0 Å². The van der Waals surface area contributed by atoms with Gasteiger partial charge in [-0.15, -0.1) is 0 Å². The largest absolute Gasteiger partial charge is 0.349 e. The maximum Gasteiger partial charge on any atom is 0.253 e. The lowest BCUT2D eigenvalue weighted by molar-refractivity contribution is 0.0908. The predicted molar refractivity (Wildman–Crippen MR) is 148 cm³/mol. The van der Waals surface area contributed by atoms with Crippen molar-refractivity contribution >= 4 is 17.5 Å². The van der Waals surface area contributed by atoms with Gasteiger partial charge < -0.3 is 9.88 Å². The molecule has 1 fully saturated rings. The zero-order valence-corrected chi connectivity index (χ0v) is 21.6. The van der Waals surface area contributed by atoms with E-state index in [4.69, 9.17) is 11.6 Å². The molecule has 5 heteroatoms. The van der Waals surface area contributed by atoms with Crippen LogP contribution in [0.15, 0.2) is 84.9 Å². The Labute approximate surface area is 218 Å². The Morgan fingerprint density at radius 3 is 2.33 bits per heavy atom. The van der Waals surface area contributed by atoms with E-state index in [9.17, 15) is 4.79 Å². The van der Waals surface area contributed by atoms with Gasteiger partial charge in [0.15, 0.2) is 0 Å². The van der Waals surface area contributed by atoms with Crippen LogP contribution in [-0.2, 0) is 6.54 Å². The second kappa shape index (κ2) is 10.7. The number of carbonyl (C=O) groups is 1. The molecule has 0 unspecified atom stereocenters. The highest BCUT2D eigenvalue weighted by Crippen LogP contribution is 2.31. The summed E-state index contributed by atoms with van der Waals surface area (Å²) in [6.07, 6.45) is 1.92. The third kappa shape index (κ3) is 5.40. The Bertz CT molecular complexity index is 1340. The number of amides is 1. The molecule has 5 rings (SSSR count). The van der Waals surface area contributed by atoms with Gasteiger partial charge in [-0.3, -0.25) is 9.69 Å². The summed E-state index contributed by atoms with van der Waals surface area (Å²) in [5.41, 5.74) is 7.22. The molecule has 36 heavy (non-hydrogen) atoms. The Morgan fingerprint density at radius 1 is 0.917 bits per heavy atom. The fourth-order valence-corrected chi connectivity index (χ4v) is 5.24. The van der Waals surface area contributed by atoms with Crippen LogP contribution in [-0.4, -0.2) is 34.5 Å². The number of carbonyl (C=O) groups excluding carboxylic acids is 1. The molecule has 0 saturated carbocycles. The zero-order chi connectivity index (χ0) is 25.1. The molecule has 3 aromatic carbocycles. The minimum absolute atomic E-state index is 0.00405. The molecular weight excluding hydrogens is 466 g/mol. The Hall–Kier alpha value is -3.34. The van der Waals surface area contributed by atoms with Gasteiger partial charge in [-0.05, 0) is 73.7 Å². The summed E-state index contributed by atoms with van der Waals surface area (Å²) in [5, 5.41) is 4.02. The summed E-state index contributed by atoms with van der Waals surface area (Å²) in [4.78, 5) is 16.0. The smallest absolute Gasteiger partial charge is 0.253 e. The molecule has 1 amide bonds. The van der Waals surface area contributed by atoms with E-state index < -0.39 is 0 Å². The minimum atomic E-state index is -0.00405. The first-order valence-corrected chi connectivity index (χ1v) is 13.0. The van der Waals surface area contributed by atoms with Crippen molar-refractivity contribution in [2.24, 2.45) is 0 Å². The van der Waals surface area contributed by atoms with Gasteiger partial charge in [-0.25, -0.2) is 0 Å². The normalized spacial score (nSPS) is 14.6. The molecule has 184 valence electrons. The van der Waals surface area contributed by atoms with E-state index in [1.807, 2.05) is 37.3 Å². The average Bonchev–Trinajstić information content (AvgIpc) is 3.23. The summed E-state index contributed by atoms with van der Waals surface area (Å²) in [6.45, 7) is 7.05. The van der Waals surface area contributed by atoms with E-state index >= 15 is 0 Å². The number of nitrogens with zero attached hydrogens (tertiary/aromatic N) is 2. The molecule has 4 aromatic rings. The molecule has 1 aliphatic rings. The fourth-order valence-electron chi connectivity index (χ4n) is 5.11. The minimum Gasteiger partial charge on any atom is -0.349 e. The number of halogens is 1. The van der Waals surface area contributed by atoms with Crippen molar-refractivity contribution in [1.82, 2.24) is 14.8 Å². The van der Waals surface area contributed by atoms with Crippen molar-refractivity contribution in [3.05, 3.63) is 112 Å². The summed E-state index contributed by atoms with van der Waals surface area (Å²) in [7, 11) is 0. The van der Waals surface area contributed by atoms with Crippen LogP contribution in [0, 0.1) is 13.8 Å². The Balaban J connectivity index is 1.35. The third-order valence-electron chi connectivity index (χ3n) is 7.06. The molecule has 0 atom stereocenters. The summed E-state index contributed by atoms with van der Waals surface area (Å²) >= 11 is 6.15. The second-order valence-corrected chi connectivity index (χ2v) is 10.2. The molecule has 0 radical (unpaired) electrons. The average molecular weight is 498 g/mol. The van der Waals surface area contributed by atoms with Crippen molar-refractivity contribution in [3.8, 4) is 16.9 Å². The van der Waals surface area contributed by atoms with E-state index in [0.29, 0.717) is 10.6 Å². The monoisotopic (exact) mass is 497 g/mol. The molecular formula is C31H32ClN3O. The first-order chi connectivity index (χ1) is 17.5. The van der Waals surface area contributed by atoms with Crippen LogP contribution in [0.5, 0.6) is 0 Å². The molecule has 1 aliphatic heterocycles. The number of likely N-dealkylation sites (tertiary alicyclic amines) is 1. The van der Waals surface area contributed by atoms with Crippen molar-refractivity contribution < 1.29 is 4.79 Å². The highest BCUT2D eigenvalue weighted by molar-refractivity contribution is 6.30. The summed E-state index contributed by atoms with van der Waals surface area (Å²) < 4.78 is 2.17. The number of aryl methyl sites for hydroxylation is 1. The highest BCUT2D eigenvalue weighted by Gasteiger charge is 2.24. The summed E-state index contributed by atoms with van der Waals surface area (Å²) in [5.74, 6) is -0.00405. The molecule has 0 bridgehead atoms. The molecule has 0 aliphatic carbocycles. The topological polar surface area (TPSA) is 37.3 Å². The summed E-state index contributed by atoms with van der Waals surface area (Å²) in [6, 6.07) is 29.0.